The van der Waals surface area contributed by atoms with E-state index in [-0.39, 0.29) is 5.82 Å². The minimum Gasteiger partial charge on any atom is -0.488 e. The summed E-state index contributed by atoms with van der Waals surface area (Å²) in [6.07, 6.45) is 0. The van der Waals surface area contributed by atoms with Gasteiger partial charge in [0.2, 0.25) is 0 Å². The number of piperazine rings is 1. The Morgan fingerprint density at radius 1 is 0.724 bits per heavy atom. The first kappa shape index (κ1) is 19.6. The van der Waals surface area contributed by atoms with Gasteiger partial charge in [-0.25, -0.2) is 4.39 Å². The predicted molar refractivity (Wildman–Crippen MR) is 113 cm³/mol. The van der Waals surface area contributed by atoms with E-state index in [0.717, 1.165) is 38.5 Å². The molecule has 0 unspecified atom stereocenters. The summed E-state index contributed by atoms with van der Waals surface area (Å²) in [5.41, 5.74) is 2.77. The number of benzene rings is 3. The van der Waals surface area contributed by atoms with Crippen LogP contribution in [-0.2, 0) is 0 Å². The second-order valence-electron chi connectivity index (χ2n) is 7.72. The first-order valence-corrected chi connectivity index (χ1v) is 10.5. The van der Waals surface area contributed by atoms with Crippen molar-refractivity contribution in [2.75, 3.05) is 39.3 Å². The second kappa shape index (κ2) is 9.68. The Bertz CT molecular complexity index is 823. The van der Waals surface area contributed by atoms with Crippen LogP contribution >= 0.6 is 0 Å². The van der Waals surface area contributed by atoms with Gasteiger partial charge in [0.15, 0.2) is 0 Å². The summed E-state index contributed by atoms with van der Waals surface area (Å²) in [7, 11) is 0. The Balaban J connectivity index is 1.34. The summed E-state index contributed by atoms with van der Waals surface area (Å²) < 4.78 is 18.8. The molecule has 1 aliphatic rings. The van der Waals surface area contributed by atoms with Crippen LogP contribution in [0.5, 0.6) is 5.75 Å². The monoisotopic (exact) mass is 392 g/mol. The molecule has 3 nitrogen and oxygen atoms in total. The fraction of sp³-hybridized carbons (Fsp3) is 0.280. The maximum absolute atomic E-state index is 13.0. The average molecular weight is 393 g/mol. The molecule has 0 spiro atoms. The Morgan fingerprint density at radius 2 is 1.28 bits per heavy atom. The lowest BCUT2D eigenvalue weighted by Gasteiger charge is -2.35. The SMILES string of the molecule is Fc1ccc(OCC[NH+]2CC[NH+](C(c3ccccc3)c3ccccc3)CC2)cc1. The fourth-order valence-electron chi connectivity index (χ4n) is 4.26. The van der Waals surface area contributed by atoms with E-state index in [1.165, 1.54) is 23.3 Å². The zero-order chi connectivity index (χ0) is 19.9. The topological polar surface area (TPSA) is 18.1 Å². The van der Waals surface area contributed by atoms with E-state index >= 15 is 0 Å². The highest BCUT2D eigenvalue weighted by Gasteiger charge is 2.31. The second-order valence-corrected chi connectivity index (χ2v) is 7.72. The molecular formula is C25H29FN2O+2. The smallest absolute Gasteiger partial charge is 0.139 e. The van der Waals surface area contributed by atoms with Crippen molar-refractivity contribution < 1.29 is 18.9 Å². The average Bonchev–Trinajstić information content (AvgIpc) is 2.78. The highest BCUT2D eigenvalue weighted by atomic mass is 19.1. The number of rotatable bonds is 7. The van der Waals surface area contributed by atoms with Crippen molar-refractivity contribution in [3.8, 4) is 5.75 Å². The van der Waals surface area contributed by atoms with Crippen molar-refractivity contribution in [2.24, 2.45) is 0 Å². The summed E-state index contributed by atoms with van der Waals surface area (Å²) in [6.45, 7) is 6.19. The van der Waals surface area contributed by atoms with Gasteiger partial charge < -0.3 is 14.5 Å². The van der Waals surface area contributed by atoms with Crippen molar-refractivity contribution >= 4 is 0 Å². The molecule has 1 saturated heterocycles. The molecule has 1 heterocycles. The van der Waals surface area contributed by atoms with Crippen LogP contribution in [0, 0.1) is 5.82 Å². The molecule has 0 bridgehead atoms. The number of hydrogen-bond donors (Lipinski definition) is 2. The lowest BCUT2D eigenvalue weighted by Crippen LogP contribution is -3.28. The maximum Gasteiger partial charge on any atom is 0.139 e. The number of hydrogen-bond acceptors (Lipinski definition) is 1. The Labute approximate surface area is 172 Å². The predicted octanol–water partition coefficient (Wildman–Crippen LogP) is 1.78. The van der Waals surface area contributed by atoms with Crippen LogP contribution in [0.25, 0.3) is 0 Å². The van der Waals surface area contributed by atoms with E-state index in [4.69, 9.17) is 4.74 Å². The third-order valence-electron chi connectivity index (χ3n) is 5.81. The van der Waals surface area contributed by atoms with Crippen LogP contribution in [0.1, 0.15) is 17.2 Å². The van der Waals surface area contributed by atoms with Gasteiger partial charge in [-0.15, -0.1) is 0 Å². The molecule has 3 aromatic carbocycles. The van der Waals surface area contributed by atoms with Gasteiger partial charge in [-0.05, 0) is 24.3 Å². The molecule has 0 aromatic heterocycles. The van der Waals surface area contributed by atoms with Crippen LogP contribution < -0.4 is 14.5 Å². The van der Waals surface area contributed by atoms with E-state index in [2.05, 4.69) is 60.7 Å². The van der Waals surface area contributed by atoms with Gasteiger partial charge in [-0.1, -0.05) is 60.7 Å². The molecule has 3 aromatic rings. The van der Waals surface area contributed by atoms with Crippen LogP contribution in [0.4, 0.5) is 4.39 Å². The van der Waals surface area contributed by atoms with Gasteiger partial charge >= 0.3 is 0 Å². The molecule has 150 valence electrons. The lowest BCUT2D eigenvalue weighted by atomic mass is 9.96. The summed E-state index contributed by atoms with van der Waals surface area (Å²) in [4.78, 5) is 3.21. The van der Waals surface area contributed by atoms with Gasteiger partial charge in [0.05, 0.1) is 0 Å². The molecule has 4 rings (SSSR count). The Morgan fingerprint density at radius 3 is 1.83 bits per heavy atom. The van der Waals surface area contributed by atoms with Crippen LogP contribution in [0.2, 0.25) is 0 Å². The lowest BCUT2D eigenvalue weighted by molar-refractivity contribution is -1.02. The molecule has 29 heavy (non-hydrogen) atoms. The molecular weight excluding hydrogens is 363 g/mol. The Hall–Kier alpha value is -2.69. The molecule has 0 atom stereocenters. The number of halogens is 1. The fourth-order valence-corrected chi connectivity index (χ4v) is 4.26. The van der Waals surface area contributed by atoms with Gasteiger partial charge in [-0.2, -0.15) is 0 Å². The Kier molecular flexibility index (Phi) is 6.55. The minimum absolute atomic E-state index is 0.228. The molecule has 0 radical (unpaired) electrons. The van der Waals surface area contributed by atoms with Gasteiger partial charge in [-0.3, -0.25) is 0 Å². The molecule has 0 saturated carbocycles. The first-order valence-electron chi connectivity index (χ1n) is 10.5. The molecule has 4 heteroatoms. The molecule has 0 aliphatic carbocycles. The zero-order valence-corrected chi connectivity index (χ0v) is 16.7. The van der Waals surface area contributed by atoms with Crippen LogP contribution in [0.3, 0.4) is 0 Å². The normalized spacial score (nSPS) is 19.2. The third kappa shape index (κ3) is 5.22. The highest BCUT2D eigenvalue weighted by molar-refractivity contribution is 5.29. The van der Waals surface area contributed by atoms with Gasteiger partial charge in [0.25, 0.3) is 0 Å². The quantitative estimate of drug-likeness (QED) is 0.627. The van der Waals surface area contributed by atoms with Crippen LogP contribution in [-0.4, -0.2) is 39.3 Å². The zero-order valence-electron chi connectivity index (χ0n) is 16.7. The largest absolute Gasteiger partial charge is 0.488 e. The van der Waals surface area contributed by atoms with Crippen molar-refractivity contribution in [1.82, 2.24) is 0 Å². The van der Waals surface area contributed by atoms with E-state index < -0.39 is 0 Å². The van der Waals surface area contributed by atoms with Crippen molar-refractivity contribution in [3.05, 3.63) is 102 Å². The van der Waals surface area contributed by atoms with E-state index in [0.29, 0.717) is 12.6 Å². The van der Waals surface area contributed by atoms with Crippen LogP contribution in [0.15, 0.2) is 84.9 Å². The van der Waals surface area contributed by atoms with Crippen molar-refractivity contribution in [3.63, 3.8) is 0 Å². The van der Waals surface area contributed by atoms with Crippen molar-refractivity contribution in [2.45, 2.75) is 6.04 Å². The maximum atomic E-state index is 13.0. The summed E-state index contributed by atoms with van der Waals surface area (Å²) in [5.74, 6) is 0.511. The van der Waals surface area contributed by atoms with E-state index in [1.54, 1.807) is 21.9 Å². The standard InChI is InChI=1S/C25H27FN2O/c26-23-11-13-24(14-12-23)29-20-19-27-15-17-28(18-16-27)25(21-7-3-1-4-8-21)22-9-5-2-6-10-22/h1-14,25H,15-20H2/p+2. The number of nitrogens with one attached hydrogen (secondary N) is 2. The summed E-state index contributed by atoms with van der Waals surface area (Å²) in [6, 6.07) is 28.4. The molecule has 2 N–H and O–H groups in total. The van der Waals surface area contributed by atoms with E-state index in [1.807, 2.05) is 0 Å². The summed E-state index contributed by atoms with van der Waals surface area (Å²) in [5, 5.41) is 0. The molecule has 0 amide bonds. The molecule has 1 aliphatic heterocycles. The third-order valence-corrected chi connectivity index (χ3v) is 5.81. The van der Waals surface area contributed by atoms with Gasteiger partial charge in [0, 0.05) is 11.1 Å². The van der Waals surface area contributed by atoms with Gasteiger partial charge in [0.1, 0.15) is 56.9 Å². The highest BCUT2D eigenvalue weighted by Crippen LogP contribution is 2.18. The summed E-state index contributed by atoms with van der Waals surface area (Å²) >= 11 is 0. The van der Waals surface area contributed by atoms with Crippen molar-refractivity contribution in [1.29, 1.82) is 0 Å². The molecule has 1 fully saturated rings. The number of quaternary nitrogens is 2. The first-order chi connectivity index (χ1) is 14.3. The van der Waals surface area contributed by atoms with E-state index in [9.17, 15) is 4.39 Å². The minimum atomic E-state index is -0.228. The number of ether oxygens (including phenoxy) is 1.